The van der Waals surface area contributed by atoms with Crippen LogP contribution in [0.1, 0.15) is 22.0 Å². The number of thiophene rings is 1. The highest BCUT2D eigenvalue weighted by Crippen LogP contribution is 2.33. The Hall–Kier alpha value is -0.710. The molecule has 16 heavy (non-hydrogen) atoms. The van der Waals surface area contributed by atoms with Crippen molar-refractivity contribution in [2.24, 2.45) is 5.73 Å². The minimum atomic E-state index is -0.392. The molecule has 1 nitrogen and oxygen atoms in total. The predicted octanol–water partition coefficient (Wildman–Crippen LogP) is 4.01. The van der Waals surface area contributed by atoms with Gasteiger partial charge < -0.3 is 5.73 Å². The molecule has 0 aliphatic heterocycles. The van der Waals surface area contributed by atoms with E-state index in [-0.39, 0.29) is 5.82 Å². The van der Waals surface area contributed by atoms with Crippen LogP contribution in [0.2, 0.25) is 0 Å². The summed E-state index contributed by atoms with van der Waals surface area (Å²) in [6, 6.07) is 8.23. The third-order valence-electron chi connectivity index (χ3n) is 2.42. The van der Waals surface area contributed by atoms with E-state index in [1.54, 1.807) is 29.5 Å². The lowest BCUT2D eigenvalue weighted by atomic mass is 10.1. The van der Waals surface area contributed by atoms with Crippen molar-refractivity contribution in [3.05, 3.63) is 55.9 Å². The molecule has 1 heterocycles. The summed E-state index contributed by atoms with van der Waals surface area (Å²) in [6.45, 7) is 2.00. The van der Waals surface area contributed by atoms with E-state index in [4.69, 9.17) is 5.73 Å². The number of hydrogen-bond acceptors (Lipinski definition) is 2. The lowest BCUT2D eigenvalue weighted by molar-refractivity contribution is 0.601. The highest BCUT2D eigenvalue weighted by Gasteiger charge is 2.16. The fourth-order valence-electron chi connectivity index (χ4n) is 1.52. The Bertz CT molecular complexity index is 490. The van der Waals surface area contributed by atoms with Crippen molar-refractivity contribution in [2.45, 2.75) is 13.0 Å². The smallest absolute Gasteiger partial charge is 0.128 e. The molecule has 0 saturated carbocycles. The van der Waals surface area contributed by atoms with Crippen LogP contribution in [0.5, 0.6) is 0 Å². The Morgan fingerprint density at radius 2 is 2.06 bits per heavy atom. The SMILES string of the molecule is Cc1cc(C(N)c2ccccc2F)sc1Br. The van der Waals surface area contributed by atoms with E-state index in [1.165, 1.54) is 6.07 Å². The molecule has 1 aromatic heterocycles. The lowest BCUT2D eigenvalue weighted by Gasteiger charge is -2.10. The molecule has 0 fully saturated rings. The zero-order valence-corrected chi connectivity index (χ0v) is 11.1. The van der Waals surface area contributed by atoms with Crippen molar-refractivity contribution in [2.75, 3.05) is 0 Å². The summed E-state index contributed by atoms with van der Waals surface area (Å²) < 4.78 is 14.6. The molecule has 0 radical (unpaired) electrons. The molecule has 1 atom stereocenters. The Morgan fingerprint density at radius 3 is 2.62 bits per heavy atom. The van der Waals surface area contributed by atoms with Gasteiger partial charge in [0, 0.05) is 10.4 Å². The second-order valence-corrected chi connectivity index (χ2v) is 6.01. The summed E-state index contributed by atoms with van der Waals surface area (Å²) in [7, 11) is 0. The molecule has 0 amide bonds. The van der Waals surface area contributed by atoms with Crippen LogP contribution in [0, 0.1) is 12.7 Å². The standard InChI is InChI=1S/C12H11BrFNS/c1-7-6-10(16-12(7)13)11(15)8-4-2-3-5-9(8)14/h2-6,11H,15H2,1H3. The van der Waals surface area contributed by atoms with Gasteiger partial charge in [0.25, 0.3) is 0 Å². The zero-order chi connectivity index (χ0) is 11.7. The van der Waals surface area contributed by atoms with Gasteiger partial charge >= 0.3 is 0 Å². The maximum atomic E-state index is 13.5. The summed E-state index contributed by atoms with van der Waals surface area (Å²) in [4.78, 5) is 0.967. The molecule has 1 unspecified atom stereocenters. The summed E-state index contributed by atoms with van der Waals surface area (Å²) >= 11 is 5.00. The quantitative estimate of drug-likeness (QED) is 0.891. The van der Waals surface area contributed by atoms with Crippen molar-refractivity contribution in [3.63, 3.8) is 0 Å². The largest absolute Gasteiger partial charge is 0.320 e. The molecule has 84 valence electrons. The van der Waals surface area contributed by atoms with Crippen LogP contribution < -0.4 is 5.73 Å². The molecular formula is C12H11BrFNS. The van der Waals surface area contributed by atoms with Crippen LogP contribution >= 0.6 is 27.3 Å². The maximum absolute atomic E-state index is 13.5. The normalized spacial score (nSPS) is 12.8. The Balaban J connectivity index is 2.39. The fourth-order valence-corrected chi connectivity index (χ4v) is 3.11. The van der Waals surface area contributed by atoms with Gasteiger partial charge in [-0.05, 0) is 40.5 Å². The summed E-state index contributed by atoms with van der Waals surface area (Å²) in [5.74, 6) is -0.253. The topological polar surface area (TPSA) is 26.0 Å². The molecule has 4 heteroatoms. The van der Waals surface area contributed by atoms with E-state index < -0.39 is 6.04 Å². The predicted molar refractivity (Wildman–Crippen MR) is 69.2 cm³/mol. The van der Waals surface area contributed by atoms with Crippen molar-refractivity contribution >= 4 is 27.3 Å². The van der Waals surface area contributed by atoms with Crippen LogP contribution in [0.3, 0.4) is 0 Å². The van der Waals surface area contributed by atoms with Crippen LogP contribution in [0.25, 0.3) is 0 Å². The molecular weight excluding hydrogens is 289 g/mol. The summed E-state index contributed by atoms with van der Waals surface area (Å²) in [6.07, 6.45) is 0. The van der Waals surface area contributed by atoms with E-state index in [2.05, 4.69) is 15.9 Å². The minimum Gasteiger partial charge on any atom is -0.320 e. The number of benzene rings is 1. The molecule has 0 saturated heterocycles. The van der Waals surface area contributed by atoms with Crippen LogP contribution in [0.15, 0.2) is 34.1 Å². The molecule has 0 aliphatic rings. The first-order valence-corrected chi connectivity index (χ1v) is 6.46. The third-order valence-corrected chi connectivity index (χ3v) is 4.64. The fraction of sp³-hybridized carbons (Fsp3) is 0.167. The Kier molecular flexibility index (Phi) is 3.42. The van der Waals surface area contributed by atoms with Crippen molar-refractivity contribution in [1.29, 1.82) is 0 Å². The van der Waals surface area contributed by atoms with E-state index in [9.17, 15) is 4.39 Å². The van der Waals surface area contributed by atoms with Gasteiger partial charge in [-0.1, -0.05) is 18.2 Å². The van der Waals surface area contributed by atoms with Gasteiger partial charge in [0.2, 0.25) is 0 Å². The monoisotopic (exact) mass is 299 g/mol. The molecule has 2 rings (SSSR count). The van der Waals surface area contributed by atoms with Gasteiger partial charge in [-0.2, -0.15) is 0 Å². The van der Waals surface area contributed by atoms with Crippen LogP contribution in [0.4, 0.5) is 4.39 Å². The van der Waals surface area contributed by atoms with Crippen molar-refractivity contribution < 1.29 is 4.39 Å². The van der Waals surface area contributed by atoms with Gasteiger partial charge in [-0.15, -0.1) is 11.3 Å². The summed E-state index contributed by atoms with van der Waals surface area (Å²) in [5.41, 5.74) is 7.72. The first-order valence-electron chi connectivity index (χ1n) is 4.85. The second kappa shape index (κ2) is 4.65. The van der Waals surface area contributed by atoms with Gasteiger partial charge in [0.1, 0.15) is 5.82 Å². The highest BCUT2D eigenvalue weighted by atomic mass is 79.9. The molecule has 0 aliphatic carbocycles. The first kappa shape index (κ1) is 11.8. The zero-order valence-electron chi connectivity index (χ0n) is 8.71. The molecule has 0 bridgehead atoms. The Morgan fingerprint density at radius 1 is 1.38 bits per heavy atom. The van der Waals surface area contributed by atoms with E-state index in [0.29, 0.717) is 5.56 Å². The number of halogens is 2. The van der Waals surface area contributed by atoms with E-state index in [0.717, 1.165) is 14.2 Å². The van der Waals surface area contributed by atoms with Gasteiger partial charge in [-0.3, -0.25) is 0 Å². The number of rotatable bonds is 2. The maximum Gasteiger partial charge on any atom is 0.128 e. The molecule has 2 N–H and O–H groups in total. The number of hydrogen-bond donors (Lipinski definition) is 1. The van der Waals surface area contributed by atoms with Gasteiger partial charge in [0.15, 0.2) is 0 Å². The van der Waals surface area contributed by atoms with Gasteiger partial charge in [-0.25, -0.2) is 4.39 Å². The average molecular weight is 300 g/mol. The average Bonchev–Trinajstić information content (AvgIpc) is 2.59. The van der Waals surface area contributed by atoms with Crippen LogP contribution in [-0.2, 0) is 0 Å². The molecule has 1 aromatic carbocycles. The lowest BCUT2D eigenvalue weighted by Crippen LogP contribution is -2.11. The van der Waals surface area contributed by atoms with E-state index in [1.807, 2.05) is 13.0 Å². The summed E-state index contributed by atoms with van der Waals surface area (Å²) in [5, 5.41) is 0. The second-order valence-electron chi connectivity index (χ2n) is 3.60. The van der Waals surface area contributed by atoms with Gasteiger partial charge in [0.05, 0.1) is 9.83 Å². The van der Waals surface area contributed by atoms with Crippen molar-refractivity contribution in [1.82, 2.24) is 0 Å². The third kappa shape index (κ3) is 2.19. The Labute approximate surface area is 106 Å². The molecule has 2 aromatic rings. The molecule has 0 spiro atoms. The van der Waals surface area contributed by atoms with Crippen molar-refractivity contribution in [3.8, 4) is 0 Å². The van der Waals surface area contributed by atoms with E-state index >= 15 is 0 Å². The number of nitrogens with two attached hydrogens (primary N) is 1. The number of aryl methyl sites for hydroxylation is 1. The van der Waals surface area contributed by atoms with Crippen LogP contribution in [-0.4, -0.2) is 0 Å². The minimum absolute atomic E-state index is 0.253. The highest BCUT2D eigenvalue weighted by molar-refractivity contribution is 9.11. The first-order chi connectivity index (χ1) is 7.59.